The van der Waals surface area contributed by atoms with Gasteiger partial charge in [0.05, 0.1) is 18.2 Å². The lowest BCUT2D eigenvalue weighted by Gasteiger charge is -2.17. The molecule has 0 saturated carbocycles. The van der Waals surface area contributed by atoms with E-state index in [2.05, 4.69) is 10.3 Å². The van der Waals surface area contributed by atoms with Crippen LogP contribution >= 0.6 is 0 Å². The van der Waals surface area contributed by atoms with Crippen molar-refractivity contribution in [3.8, 4) is 0 Å². The summed E-state index contributed by atoms with van der Waals surface area (Å²) in [4.78, 5) is 15.0. The predicted octanol–water partition coefficient (Wildman–Crippen LogP) is -0.0438. The van der Waals surface area contributed by atoms with E-state index in [9.17, 15) is 4.79 Å². The van der Waals surface area contributed by atoms with Crippen molar-refractivity contribution in [2.45, 2.75) is 12.5 Å². The zero-order valence-electron chi connectivity index (χ0n) is 9.85. The third-order valence-electron chi connectivity index (χ3n) is 2.28. The number of nitrogens with two attached hydrogens (primary N) is 2. The minimum absolute atomic E-state index is 0.108. The fraction of sp³-hybridized carbons (Fsp3) is 0.455. The molecule has 1 rings (SSSR count). The Labute approximate surface area is 100 Å². The average Bonchev–Trinajstić information content (AvgIpc) is 2.30. The summed E-state index contributed by atoms with van der Waals surface area (Å²) in [5.41, 5.74) is 11.0. The summed E-state index contributed by atoms with van der Waals surface area (Å²) >= 11 is 0. The lowest BCUT2D eigenvalue weighted by atomic mass is 10.2. The van der Waals surface area contributed by atoms with E-state index in [0.717, 1.165) is 6.42 Å². The normalized spacial score (nSPS) is 12.1. The number of methoxy groups -OCH3 is 1. The largest absolute Gasteiger partial charge is 0.383 e. The van der Waals surface area contributed by atoms with Crippen LogP contribution in [0.25, 0.3) is 0 Å². The summed E-state index contributed by atoms with van der Waals surface area (Å²) in [6.45, 7) is 1.12. The van der Waals surface area contributed by atoms with Crippen molar-refractivity contribution in [3.63, 3.8) is 0 Å². The number of hydrogen-bond donors (Lipinski definition) is 3. The molecule has 1 atom stereocenters. The van der Waals surface area contributed by atoms with Crippen molar-refractivity contribution >= 4 is 11.7 Å². The number of ether oxygens (including phenoxy) is 1. The van der Waals surface area contributed by atoms with E-state index in [-0.39, 0.29) is 6.04 Å². The molecule has 0 bridgehead atoms. The Kier molecular flexibility index (Phi) is 5.38. The number of rotatable bonds is 7. The van der Waals surface area contributed by atoms with E-state index < -0.39 is 5.91 Å². The van der Waals surface area contributed by atoms with Crippen molar-refractivity contribution in [2.24, 2.45) is 11.5 Å². The smallest absolute Gasteiger partial charge is 0.250 e. The Morgan fingerprint density at radius 3 is 2.82 bits per heavy atom. The van der Waals surface area contributed by atoms with Gasteiger partial charge in [0.15, 0.2) is 0 Å². The van der Waals surface area contributed by atoms with Crippen LogP contribution < -0.4 is 16.8 Å². The molecule has 1 unspecified atom stereocenters. The first-order chi connectivity index (χ1) is 8.17. The highest BCUT2D eigenvalue weighted by atomic mass is 16.5. The summed E-state index contributed by atoms with van der Waals surface area (Å²) < 4.78 is 5.07. The molecule has 0 spiro atoms. The van der Waals surface area contributed by atoms with Gasteiger partial charge in [-0.2, -0.15) is 0 Å². The van der Waals surface area contributed by atoms with Crippen molar-refractivity contribution in [3.05, 3.63) is 23.9 Å². The van der Waals surface area contributed by atoms with Crippen molar-refractivity contribution in [1.82, 2.24) is 4.98 Å². The minimum Gasteiger partial charge on any atom is -0.383 e. The Morgan fingerprint density at radius 2 is 2.35 bits per heavy atom. The van der Waals surface area contributed by atoms with E-state index >= 15 is 0 Å². The number of nitrogens with one attached hydrogen (secondary N) is 1. The number of aromatic nitrogens is 1. The number of hydrogen-bond acceptors (Lipinski definition) is 5. The molecule has 0 saturated heterocycles. The van der Waals surface area contributed by atoms with Gasteiger partial charge in [-0.25, -0.2) is 4.98 Å². The first-order valence-electron chi connectivity index (χ1n) is 5.38. The summed E-state index contributed by atoms with van der Waals surface area (Å²) in [5, 5.41) is 3.18. The lowest BCUT2D eigenvalue weighted by molar-refractivity contribution is 0.1000. The van der Waals surface area contributed by atoms with Crippen LogP contribution in [0.4, 0.5) is 5.82 Å². The topological polar surface area (TPSA) is 103 Å². The second-order valence-corrected chi connectivity index (χ2v) is 3.67. The molecule has 5 N–H and O–H groups in total. The molecule has 0 fully saturated rings. The molecule has 17 heavy (non-hydrogen) atoms. The number of primary amides is 1. The Bertz CT molecular complexity index is 347. The maximum Gasteiger partial charge on any atom is 0.250 e. The lowest BCUT2D eigenvalue weighted by Crippen LogP contribution is -2.28. The van der Waals surface area contributed by atoms with Gasteiger partial charge >= 0.3 is 0 Å². The van der Waals surface area contributed by atoms with Gasteiger partial charge in [0, 0.05) is 13.3 Å². The number of carbonyl (C=O) groups is 1. The molecule has 6 heteroatoms. The number of carbonyl (C=O) groups excluding carboxylic acids is 1. The summed E-state index contributed by atoms with van der Waals surface area (Å²) in [6.07, 6.45) is 2.23. The number of nitrogens with zero attached hydrogens (tertiary/aromatic N) is 1. The number of anilines is 1. The first kappa shape index (κ1) is 13.4. The average molecular weight is 238 g/mol. The summed E-state index contributed by atoms with van der Waals surface area (Å²) in [5.74, 6) is 0.185. The molecule has 1 aromatic rings. The van der Waals surface area contributed by atoms with Crippen LogP contribution in [-0.2, 0) is 4.74 Å². The van der Waals surface area contributed by atoms with Gasteiger partial charge in [-0.05, 0) is 25.1 Å². The standard InChI is InChI=1S/C11H18N4O2/c1-17-7-9(4-5-12)15-10-3-2-8(6-14-10)11(13)16/h2-3,6,9H,4-5,7,12H2,1H3,(H2,13,16)(H,14,15). The second kappa shape index (κ2) is 6.82. The van der Waals surface area contributed by atoms with Crippen LogP contribution in [0.15, 0.2) is 18.3 Å². The molecule has 94 valence electrons. The zero-order chi connectivity index (χ0) is 12.7. The molecular formula is C11H18N4O2. The molecule has 1 heterocycles. The summed E-state index contributed by atoms with van der Waals surface area (Å²) in [6, 6.07) is 3.44. The third kappa shape index (κ3) is 4.38. The predicted molar refractivity (Wildman–Crippen MR) is 65.7 cm³/mol. The van der Waals surface area contributed by atoms with Gasteiger partial charge in [-0.15, -0.1) is 0 Å². The molecule has 0 aliphatic carbocycles. The molecule has 0 aromatic carbocycles. The van der Waals surface area contributed by atoms with Gasteiger partial charge in [0.1, 0.15) is 5.82 Å². The summed E-state index contributed by atoms with van der Waals surface area (Å²) in [7, 11) is 1.63. The van der Waals surface area contributed by atoms with Crippen LogP contribution in [0.5, 0.6) is 0 Å². The maximum absolute atomic E-state index is 10.9. The van der Waals surface area contributed by atoms with Crippen molar-refractivity contribution < 1.29 is 9.53 Å². The van der Waals surface area contributed by atoms with Crippen LogP contribution in [0.2, 0.25) is 0 Å². The molecule has 0 aliphatic rings. The highest BCUT2D eigenvalue weighted by molar-refractivity contribution is 5.92. The Balaban J connectivity index is 2.62. The minimum atomic E-state index is -0.487. The van der Waals surface area contributed by atoms with Crippen LogP contribution in [-0.4, -0.2) is 37.2 Å². The van der Waals surface area contributed by atoms with Crippen LogP contribution in [0, 0.1) is 0 Å². The highest BCUT2D eigenvalue weighted by Crippen LogP contribution is 2.07. The zero-order valence-corrected chi connectivity index (χ0v) is 9.85. The highest BCUT2D eigenvalue weighted by Gasteiger charge is 2.08. The molecule has 0 radical (unpaired) electrons. The SMILES string of the molecule is COCC(CCN)Nc1ccc(C(N)=O)cn1. The fourth-order valence-corrected chi connectivity index (χ4v) is 1.43. The van der Waals surface area contributed by atoms with Gasteiger partial charge in [-0.3, -0.25) is 4.79 Å². The quantitative estimate of drug-likeness (QED) is 0.618. The monoisotopic (exact) mass is 238 g/mol. The van der Waals surface area contributed by atoms with E-state index in [1.165, 1.54) is 6.20 Å². The number of amides is 1. The Morgan fingerprint density at radius 1 is 1.59 bits per heavy atom. The van der Waals surface area contributed by atoms with Gasteiger partial charge in [-0.1, -0.05) is 0 Å². The molecule has 0 aliphatic heterocycles. The molecule has 6 nitrogen and oxygen atoms in total. The third-order valence-corrected chi connectivity index (χ3v) is 2.28. The van der Waals surface area contributed by atoms with Gasteiger partial charge < -0.3 is 21.5 Å². The van der Waals surface area contributed by atoms with Crippen molar-refractivity contribution in [2.75, 3.05) is 25.6 Å². The number of pyridine rings is 1. The maximum atomic E-state index is 10.9. The molecule has 1 aromatic heterocycles. The fourth-order valence-electron chi connectivity index (χ4n) is 1.43. The van der Waals surface area contributed by atoms with Crippen LogP contribution in [0.1, 0.15) is 16.8 Å². The first-order valence-corrected chi connectivity index (χ1v) is 5.38. The Hall–Kier alpha value is -1.66. The second-order valence-electron chi connectivity index (χ2n) is 3.67. The van der Waals surface area contributed by atoms with E-state index in [0.29, 0.717) is 24.5 Å². The van der Waals surface area contributed by atoms with Gasteiger partial charge in [0.25, 0.3) is 0 Å². The van der Waals surface area contributed by atoms with Crippen molar-refractivity contribution in [1.29, 1.82) is 0 Å². The van der Waals surface area contributed by atoms with E-state index in [4.69, 9.17) is 16.2 Å². The van der Waals surface area contributed by atoms with Gasteiger partial charge in [0.2, 0.25) is 5.91 Å². The van der Waals surface area contributed by atoms with E-state index in [1.54, 1.807) is 19.2 Å². The van der Waals surface area contributed by atoms with Crippen LogP contribution in [0.3, 0.4) is 0 Å². The molecule has 1 amide bonds. The molecular weight excluding hydrogens is 220 g/mol. The van der Waals surface area contributed by atoms with E-state index in [1.807, 2.05) is 0 Å².